The van der Waals surface area contributed by atoms with Crippen LogP contribution >= 0.6 is 0 Å². The average molecular weight is 111 g/mol. The fourth-order valence-corrected chi connectivity index (χ4v) is 0.330. The standard InChI is InChI=1S/C5H5NO2/c7-5-4-8-3-1-2-6-5/h1-4,7H. The molecular weight excluding hydrogens is 106 g/mol. The molecule has 0 spiro atoms. The van der Waals surface area contributed by atoms with E-state index in [1.54, 1.807) is 6.08 Å². The Bertz CT molecular complexity index is 155. The highest BCUT2D eigenvalue weighted by molar-refractivity contribution is 5.71. The van der Waals surface area contributed by atoms with Crippen LogP contribution in [0.25, 0.3) is 0 Å². The predicted octanol–water partition coefficient (Wildman–Crippen LogP) is 0.958. The second kappa shape index (κ2) is 2.16. The molecule has 0 saturated carbocycles. The maximum Gasteiger partial charge on any atom is 0.247 e. The summed E-state index contributed by atoms with van der Waals surface area (Å²) in [4.78, 5) is 3.50. The SMILES string of the molecule is OC1=COC=CC=N1. The molecule has 0 saturated heterocycles. The molecule has 1 aliphatic heterocycles. The molecule has 0 aromatic carbocycles. The zero-order valence-electron chi connectivity index (χ0n) is 4.11. The van der Waals surface area contributed by atoms with Gasteiger partial charge in [-0.15, -0.1) is 0 Å². The van der Waals surface area contributed by atoms with E-state index in [9.17, 15) is 0 Å². The van der Waals surface area contributed by atoms with Gasteiger partial charge >= 0.3 is 0 Å². The van der Waals surface area contributed by atoms with Gasteiger partial charge in [-0.05, 0) is 6.08 Å². The first kappa shape index (κ1) is 4.90. The molecule has 1 N–H and O–H groups in total. The quantitative estimate of drug-likeness (QED) is 0.505. The van der Waals surface area contributed by atoms with Gasteiger partial charge in [-0.3, -0.25) is 0 Å². The molecule has 1 rings (SSSR count). The summed E-state index contributed by atoms with van der Waals surface area (Å²) in [7, 11) is 0. The van der Waals surface area contributed by atoms with E-state index in [1.165, 1.54) is 12.5 Å². The molecule has 0 aliphatic carbocycles. The molecule has 1 aliphatic rings. The van der Waals surface area contributed by atoms with Crippen LogP contribution in [-0.2, 0) is 4.74 Å². The van der Waals surface area contributed by atoms with Gasteiger partial charge in [-0.2, -0.15) is 0 Å². The largest absolute Gasteiger partial charge is 0.491 e. The fourth-order valence-electron chi connectivity index (χ4n) is 0.330. The van der Waals surface area contributed by atoms with E-state index in [1.807, 2.05) is 0 Å². The third kappa shape index (κ3) is 1.11. The topological polar surface area (TPSA) is 41.8 Å². The first-order valence-corrected chi connectivity index (χ1v) is 2.13. The van der Waals surface area contributed by atoms with Gasteiger partial charge in [-0.25, -0.2) is 4.99 Å². The normalized spacial score (nSPS) is 16.8. The zero-order valence-corrected chi connectivity index (χ0v) is 4.11. The molecule has 3 heteroatoms. The molecule has 1 heterocycles. The van der Waals surface area contributed by atoms with Crippen LogP contribution in [0.4, 0.5) is 0 Å². The number of allylic oxidation sites excluding steroid dienone is 1. The van der Waals surface area contributed by atoms with Crippen molar-refractivity contribution in [3.63, 3.8) is 0 Å². The number of aliphatic imine (C=N–C) groups is 1. The minimum Gasteiger partial charge on any atom is -0.491 e. The van der Waals surface area contributed by atoms with Crippen LogP contribution in [0.1, 0.15) is 0 Å². The van der Waals surface area contributed by atoms with E-state index in [4.69, 9.17) is 5.11 Å². The second-order valence-electron chi connectivity index (χ2n) is 1.22. The van der Waals surface area contributed by atoms with E-state index in [2.05, 4.69) is 9.73 Å². The highest BCUT2D eigenvalue weighted by atomic mass is 16.5. The molecule has 0 atom stereocenters. The number of hydrogen-bond donors (Lipinski definition) is 1. The van der Waals surface area contributed by atoms with E-state index in [0.29, 0.717) is 0 Å². The lowest BCUT2D eigenvalue weighted by atomic mass is 10.7. The smallest absolute Gasteiger partial charge is 0.247 e. The Morgan fingerprint density at radius 2 is 2.50 bits per heavy atom. The van der Waals surface area contributed by atoms with Gasteiger partial charge in [0, 0.05) is 6.21 Å². The number of hydrogen-bond acceptors (Lipinski definition) is 3. The van der Waals surface area contributed by atoms with Crippen molar-refractivity contribution in [2.45, 2.75) is 0 Å². The van der Waals surface area contributed by atoms with Crippen LogP contribution in [0, 0.1) is 0 Å². The van der Waals surface area contributed by atoms with Gasteiger partial charge in [-0.1, -0.05) is 0 Å². The summed E-state index contributed by atoms with van der Waals surface area (Å²) in [6.07, 6.45) is 5.60. The number of aliphatic hydroxyl groups excluding tert-OH is 1. The first-order valence-electron chi connectivity index (χ1n) is 2.13. The molecule has 0 fully saturated rings. The number of rotatable bonds is 0. The van der Waals surface area contributed by atoms with E-state index < -0.39 is 0 Å². The van der Waals surface area contributed by atoms with Gasteiger partial charge in [0.1, 0.15) is 0 Å². The van der Waals surface area contributed by atoms with Crippen molar-refractivity contribution in [2.24, 2.45) is 4.99 Å². The van der Waals surface area contributed by atoms with E-state index in [0.717, 1.165) is 6.26 Å². The van der Waals surface area contributed by atoms with Crippen molar-refractivity contribution in [2.75, 3.05) is 0 Å². The minimum absolute atomic E-state index is 0.116. The summed E-state index contributed by atoms with van der Waals surface area (Å²) in [5, 5.41) is 8.59. The predicted molar refractivity (Wildman–Crippen MR) is 29.4 cm³/mol. The number of ether oxygens (including phenoxy) is 1. The van der Waals surface area contributed by atoms with Gasteiger partial charge in [0.25, 0.3) is 0 Å². The monoisotopic (exact) mass is 111 g/mol. The molecule has 42 valence electrons. The molecule has 0 bridgehead atoms. The van der Waals surface area contributed by atoms with Crippen molar-refractivity contribution in [1.82, 2.24) is 0 Å². The lowest BCUT2D eigenvalue weighted by Crippen LogP contribution is -1.71. The summed E-state index contributed by atoms with van der Waals surface area (Å²) in [5.74, 6) is -0.116. The molecule has 3 nitrogen and oxygen atoms in total. The van der Waals surface area contributed by atoms with Crippen LogP contribution in [0.15, 0.2) is 29.5 Å². The Morgan fingerprint density at radius 1 is 1.62 bits per heavy atom. The van der Waals surface area contributed by atoms with Crippen molar-refractivity contribution in [3.8, 4) is 0 Å². The minimum atomic E-state index is -0.116. The summed E-state index contributed by atoms with van der Waals surface area (Å²) >= 11 is 0. The lowest BCUT2D eigenvalue weighted by molar-refractivity contribution is 0.337. The van der Waals surface area contributed by atoms with Gasteiger partial charge in [0.2, 0.25) is 5.88 Å². The molecule has 0 amide bonds. The van der Waals surface area contributed by atoms with E-state index >= 15 is 0 Å². The molecule has 0 aromatic heterocycles. The van der Waals surface area contributed by atoms with E-state index in [-0.39, 0.29) is 5.88 Å². The van der Waals surface area contributed by atoms with Crippen LogP contribution in [0.3, 0.4) is 0 Å². The maximum absolute atomic E-state index is 8.59. The fraction of sp³-hybridized carbons (Fsp3) is 0. The highest BCUT2D eigenvalue weighted by Crippen LogP contribution is 1.93. The Kier molecular flexibility index (Phi) is 1.32. The van der Waals surface area contributed by atoms with Gasteiger partial charge in [0.05, 0.1) is 6.26 Å². The molecule has 0 unspecified atom stereocenters. The van der Waals surface area contributed by atoms with Crippen LogP contribution in [-0.4, -0.2) is 11.3 Å². The number of aliphatic hydroxyl groups is 1. The van der Waals surface area contributed by atoms with Gasteiger partial charge < -0.3 is 9.84 Å². The average Bonchev–Trinajstić information content (AvgIpc) is 1.94. The third-order valence-corrected chi connectivity index (χ3v) is 0.623. The molecule has 8 heavy (non-hydrogen) atoms. The Labute approximate surface area is 46.6 Å². The Hall–Kier alpha value is -1.25. The third-order valence-electron chi connectivity index (χ3n) is 0.623. The number of nitrogens with zero attached hydrogens (tertiary/aromatic N) is 1. The Balaban J connectivity index is 2.69. The summed E-state index contributed by atoms with van der Waals surface area (Å²) < 4.78 is 4.59. The highest BCUT2D eigenvalue weighted by Gasteiger charge is 1.85. The summed E-state index contributed by atoms with van der Waals surface area (Å²) in [5.41, 5.74) is 0. The summed E-state index contributed by atoms with van der Waals surface area (Å²) in [6.45, 7) is 0. The van der Waals surface area contributed by atoms with Crippen LogP contribution in [0.5, 0.6) is 0 Å². The van der Waals surface area contributed by atoms with Crippen molar-refractivity contribution in [1.29, 1.82) is 0 Å². The van der Waals surface area contributed by atoms with Crippen LogP contribution in [0.2, 0.25) is 0 Å². The van der Waals surface area contributed by atoms with Crippen molar-refractivity contribution >= 4 is 6.21 Å². The molecule has 0 aromatic rings. The van der Waals surface area contributed by atoms with Gasteiger partial charge in [0.15, 0.2) is 6.26 Å². The second-order valence-corrected chi connectivity index (χ2v) is 1.22. The maximum atomic E-state index is 8.59. The Morgan fingerprint density at radius 3 is 3.38 bits per heavy atom. The van der Waals surface area contributed by atoms with Crippen molar-refractivity contribution < 1.29 is 9.84 Å². The first-order chi connectivity index (χ1) is 3.89. The van der Waals surface area contributed by atoms with Crippen molar-refractivity contribution in [3.05, 3.63) is 24.5 Å². The van der Waals surface area contributed by atoms with Crippen LogP contribution < -0.4 is 0 Å². The summed E-state index contributed by atoms with van der Waals surface area (Å²) in [6, 6.07) is 0. The zero-order chi connectivity index (χ0) is 5.82. The lowest BCUT2D eigenvalue weighted by Gasteiger charge is -1.84. The molecule has 0 radical (unpaired) electrons. The molecular formula is C5H5NO2.